The Morgan fingerprint density at radius 1 is 1.43 bits per heavy atom. The summed E-state index contributed by atoms with van der Waals surface area (Å²) in [7, 11) is 0. The summed E-state index contributed by atoms with van der Waals surface area (Å²) < 4.78 is 4.96. The first-order valence-electron chi connectivity index (χ1n) is 6.94. The van der Waals surface area contributed by atoms with Crippen LogP contribution in [0.15, 0.2) is 24.3 Å². The minimum absolute atomic E-state index is 0.284. The summed E-state index contributed by atoms with van der Waals surface area (Å²) in [5.41, 5.74) is 5.05. The van der Waals surface area contributed by atoms with Gasteiger partial charge in [0.2, 0.25) is 0 Å². The van der Waals surface area contributed by atoms with Crippen LogP contribution in [0.3, 0.4) is 0 Å². The van der Waals surface area contributed by atoms with E-state index in [4.69, 9.17) is 4.74 Å². The van der Waals surface area contributed by atoms with Crippen LogP contribution >= 0.6 is 0 Å². The molecule has 1 aliphatic rings. The number of aryl methyl sites for hydroxylation is 2. The van der Waals surface area contributed by atoms with Crippen LogP contribution in [0, 0.1) is 13.8 Å². The molecule has 2 N–H and O–H groups in total. The lowest BCUT2D eigenvalue weighted by Crippen LogP contribution is -2.23. The van der Waals surface area contributed by atoms with Gasteiger partial charge in [0.05, 0.1) is 12.2 Å². The topological polar surface area (TPSA) is 70.2 Å². The van der Waals surface area contributed by atoms with Crippen molar-refractivity contribution in [2.24, 2.45) is 0 Å². The number of anilines is 2. The van der Waals surface area contributed by atoms with E-state index in [1.54, 1.807) is 4.90 Å². The minimum Gasteiger partial charge on any atom is -0.447 e. The number of H-pyrrole nitrogens is 1. The average Bonchev–Trinajstić information content (AvgIpc) is 3.04. The fourth-order valence-corrected chi connectivity index (χ4v) is 2.44. The van der Waals surface area contributed by atoms with Crippen LogP contribution in [0.5, 0.6) is 0 Å². The second-order valence-corrected chi connectivity index (χ2v) is 5.08. The van der Waals surface area contributed by atoms with Crippen LogP contribution in [0.1, 0.15) is 17.0 Å². The van der Waals surface area contributed by atoms with Crippen LogP contribution in [0.4, 0.5) is 16.2 Å². The van der Waals surface area contributed by atoms with Crippen molar-refractivity contribution >= 4 is 17.5 Å². The van der Waals surface area contributed by atoms with Gasteiger partial charge in [0.1, 0.15) is 6.61 Å². The van der Waals surface area contributed by atoms with Crippen molar-refractivity contribution in [3.63, 3.8) is 0 Å². The van der Waals surface area contributed by atoms with Gasteiger partial charge in [-0.05, 0) is 32.0 Å². The number of rotatable bonds is 4. The largest absolute Gasteiger partial charge is 0.447 e. The van der Waals surface area contributed by atoms with Crippen LogP contribution < -0.4 is 10.2 Å². The standard InChI is InChI=1S/C15H18N4O2/c1-10-14(11(2)18-17-10)9-16-12-4-3-5-13(8-12)19-6-7-21-15(19)20/h3-5,8,16H,6-7,9H2,1-2H3,(H,17,18). The zero-order valence-corrected chi connectivity index (χ0v) is 12.1. The molecule has 6 nitrogen and oxygen atoms in total. The van der Waals surface area contributed by atoms with Crippen molar-refractivity contribution in [3.8, 4) is 0 Å². The fourth-order valence-electron chi connectivity index (χ4n) is 2.44. The molecule has 2 heterocycles. The predicted octanol–water partition coefficient (Wildman–Crippen LogP) is 2.60. The van der Waals surface area contributed by atoms with Gasteiger partial charge in [-0.3, -0.25) is 10.00 Å². The summed E-state index contributed by atoms with van der Waals surface area (Å²) >= 11 is 0. The number of hydrogen-bond donors (Lipinski definition) is 2. The first-order chi connectivity index (χ1) is 10.1. The van der Waals surface area contributed by atoms with E-state index in [2.05, 4.69) is 15.5 Å². The molecule has 1 aromatic carbocycles. The Labute approximate surface area is 123 Å². The first-order valence-corrected chi connectivity index (χ1v) is 6.94. The Morgan fingerprint density at radius 2 is 2.29 bits per heavy atom. The normalized spacial score (nSPS) is 14.4. The van der Waals surface area contributed by atoms with Crippen LogP contribution in [0.2, 0.25) is 0 Å². The van der Waals surface area contributed by atoms with E-state index < -0.39 is 0 Å². The molecule has 1 aliphatic heterocycles. The SMILES string of the molecule is Cc1n[nH]c(C)c1CNc1cccc(N2CCOC2=O)c1. The number of nitrogens with zero attached hydrogens (tertiary/aromatic N) is 2. The Kier molecular flexibility index (Phi) is 3.51. The molecule has 0 aliphatic carbocycles. The highest BCUT2D eigenvalue weighted by molar-refractivity contribution is 5.89. The van der Waals surface area contributed by atoms with Crippen molar-refractivity contribution in [1.29, 1.82) is 0 Å². The summed E-state index contributed by atoms with van der Waals surface area (Å²) in [6, 6.07) is 7.78. The molecule has 2 aromatic rings. The van der Waals surface area contributed by atoms with E-state index >= 15 is 0 Å². The lowest BCUT2D eigenvalue weighted by molar-refractivity contribution is 0.181. The van der Waals surface area contributed by atoms with Gasteiger partial charge in [0, 0.05) is 29.2 Å². The third kappa shape index (κ3) is 2.69. The van der Waals surface area contributed by atoms with Gasteiger partial charge < -0.3 is 10.1 Å². The molecule has 0 unspecified atom stereocenters. The lowest BCUT2D eigenvalue weighted by atomic mass is 10.2. The molecule has 1 fully saturated rings. The highest BCUT2D eigenvalue weighted by atomic mass is 16.6. The van der Waals surface area contributed by atoms with Gasteiger partial charge >= 0.3 is 6.09 Å². The number of hydrogen-bond acceptors (Lipinski definition) is 4. The summed E-state index contributed by atoms with van der Waals surface area (Å²) in [6.07, 6.45) is -0.284. The zero-order valence-electron chi connectivity index (χ0n) is 12.1. The highest BCUT2D eigenvalue weighted by Gasteiger charge is 2.23. The van der Waals surface area contributed by atoms with E-state index in [0.717, 1.165) is 22.8 Å². The number of ether oxygens (including phenoxy) is 1. The molecule has 110 valence electrons. The molecule has 0 radical (unpaired) electrons. The summed E-state index contributed by atoms with van der Waals surface area (Å²) in [6.45, 7) is 5.74. The number of cyclic esters (lactones) is 1. The summed E-state index contributed by atoms with van der Waals surface area (Å²) in [5, 5.41) is 10.5. The lowest BCUT2D eigenvalue weighted by Gasteiger charge is -2.14. The van der Waals surface area contributed by atoms with Crippen molar-refractivity contribution < 1.29 is 9.53 Å². The van der Waals surface area contributed by atoms with Gasteiger partial charge in [0.25, 0.3) is 0 Å². The van der Waals surface area contributed by atoms with Gasteiger partial charge in [-0.2, -0.15) is 5.10 Å². The maximum absolute atomic E-state index is 11.6. The first kappa shape index (κ1) is 13.5. The Hall–Kier alpha value is -2.50. The van der Waals surface area contributed by atoms with Crippen LogP contribution in [-0.4, -0.2) is 29.4 Å². The van der Waals surface area contributed by atoms with Crippen molar-refractivity contribution in [3.05, 3.63) is 41.2 Å². The van der Waals surface area contributed by atoms with Gasteiger partial charge in [-0.1, -0.05) is 6.07 Å². The van der Waals surface area contributed by atoms with E-state index in [1.165, 1.54) is 5.56 Å². The number of aromatic nitrogens is 2. The Morgan fingerprint density at radius 3 is 2.95 bits per heavy atom. The Bertz CT molecular complexity index is 646. The van der Waals surface area contributed by atoms with Crippen molar-refractivity contribution in [2.45, 2.75) is 20.4 Å². The average molecular weight is 286 g/mol. The number of carbonyl (C=O) groups excluding carboxylic acids is 1. The maximum Gasteiger partial charge on any atom is 0.414 e. The molecule has 1 aromatic heterocycles. The maximum atomic E-state index is 11.6. The van der Waals surface area contributed by atoms with Gasteiger partial charge in [-0.25, -0.2) is 4.79 Å². The van der Waals surface area contributed by atoms with E-state index in [-0.39, 0.29) is 6.09 Å². The van der Waals surface area contributed by atoms with E-state index in [1.807, 2.05) is 38.1 Å². The number of amides is 1. The minimum atomic E-state index is -0.284. The molecule has 0 bridgehead atoms. The third-order valence-electron chi connectivity index (χ3n) is 3.67. The van der Waals surface area contributed by atoms with E-state index in [9.17, 15) is 4.79 Å². The fraction of sp³-hybridized carbons (Fsp3) is 0.333. The van der Waals surface area contributed by atoms with Crippen molar-refractivity contribution in [2.75, 3.05) is 23.4 Å². The molecule has 6 heteroatoms. The monoisotopic (exact) mass is 286 g/mol. The number of aromatic amines is 1. The second-order valence-electron chi connectivity index (χ2n) is 5.08. The molecule has 0 saturated carbocycles. The van der Waals surface area contributed by atoms with Crippen LogP contribution in [-0.2, 0) is 11.3 Å². The molecular formula is C15H18N4O2. The number of carbonyl (C=O) groups is 1. The molecule has 21 heavy (non-hydrogen) atoms. The highest BCUT2D eigenvalue weighted by Crippen LogP contribution is 2.23. The van der Waals surface area contributed by atoms with Crippen molar-refractivity contribution in [1.82, 2.24) is 10.2 Å². The molecular weight excluding hydrogens is 268 g/mol. The third-order valence-corrected chi connectivity index (χ3v) is 3.67. The zero-order chi connectivity index (χ0) is 14.8. The quantitative estimate of drug-likeness (QED) is 0.906. The smallest absolute Gasteiger partial charge is 0.414 e. The summed E-state index contributed by atoms with van der Waals surface area (Å²) in [4.78, 5) is 13.2. The molecule has 0 spiro atoms. The van der Waals surface area contributed by atoms with Gasteiger partial charge in [0.15, 0.2) is 0 Å². The van der Waals surface area contributed by atoms with Crippen LogP contribution in [0.25, 0.3) is 0 Å². The number of benzene rings is 1. The number of nitrogens with one attached hydrogen (secondary N) is 2. The van der Waals surface area contributed by atoms with Gasteiger partial charge in [-0.15, -0.1) is 0 Å². The predicted molar refractivity (Wildman–Crippen MR) is 80.5 cm³/mol. The molecule has 1 amide bonds. The Balaban J connectivity index is 1.73. The second kappa shape index (κ2) is 5.47. The molecule has 3 rings (SSSR count). The molecule has 1 saturated heterocycles. The van der Waals surface area contributed by atoms with E-state index in [0.29, 0.717) is 19.7 Å². The summed E-state index contributed by atoms with van der Waals surface area (Å²) in [5.74, 6) is 0. The molecule has 0 atom stereocenters.